The fourth-order valence-corrected chi connectivity index (χ4v) is 4.10. The number of nitrogens with one attached hydrogen (secondary N) is 1. The number of carbonyl (C=O) groups excluding carboxylic acids is 3. The Morgan fingerprint density at radius 1 is 0.791 bits per heavy atom. The zero-order chi connectivity index (χ0) is 30.5. The molecule has 1 aliphatic rings. The van der Waals surface area contributed by atoms with Crippen molar-refractivity contribution in [2.45, 2.75) is 6.61 Å². The largest absolute Gasteiger partial charge is 0.489 e. The molecule has 0 spiro atoms. The van der Waals surface area contributed by atoms with Gasteiger partial charge in [-0.05, 0) is 59.7 Å². The molecule has 1 N–H and O–H groups in total. The molecular weight excluding hydrogens is 560 g/mol. The molecule has 0 unspecified atom stereocenters. The number of urea groups is 1. The predicted octanol–water partition coefficient (Wildman–Crippen LogP) is 5.54. The van der Waals surface area contributed by atoms with Crippen molar-refractivity contribution in [3.8, 4) is 17.2 Å². The van der Waals surface area contributed by atoms with Crippen LogP contribution in [0.15, 0.2) is 103 Å². The normalized spacial score (nSPS) is 13.9. The predicted molar refractivity (Wildman–Crippen MR) is 152 cm³/mol. The van der Waals surface area contributed by atoms with Gasteiger partial charge in [0.1, 0.15) is 23.7 Å². The molecule has 0 aromatic heterocycles. The monoisotopic (exact) mass is 580 g/mol. The van der Waals surface area contributed by atoms with Gasteiger partial charge in [-0.1, -0.05) is 42.5 Å². The van der Waals surface area contributed by atoms with Crippen LogP contribution >= 0.6 is 0 Å². The first-order valence-electron chi connectivity index (χ1n) is 12.6. The van der Waals surface area contributed by atoms with Gasteiger partial charge < -0.3 is 9.47 Å². The molecule has 0 atom stereocenters. The molecule has 214 valence electrons. The van der Waals surface area contributed by atoms with Crippen molar-refractivity contribution in [2.24, 2.45) is 0 Å². The zero-order valence-corrected chi connectivity index (χ0v) is 22.0. The number of nitro groups is 2. The van der Waals surface area contributed by atoms with Crippen LogP contribution in [0.25, 0.3) is 6.08 Å². The Labute approximate surface area is 242 Å². The Balaban J connectivity index is 1.31. The summed E-state index contributed by atoms with van der Waals surface area (Å²) >= 11 is 0. The van der Waals surface area contributed by atoms with Gasteiger partial charge in [0.15, 0.2) is 0 Å². The molecule has 0 saturated carbocycles. The number of benzene rings is 4. The van der Waals surface area contributed by atoms with Crippen molar-refractivity contribution >= 4 is 41.0 Å². The van der Waals surface area contributed by atoms with Crippen molar-refractivity contribution < 1.29 is 33.7 Å². The molecule has 4 aromatic rings. The van der Waals surface area contributed by atoms with Crippen LogP contribution in [-0.4, -0.2) is 27.7 Å². The second kappa shape index (κ2) is 12.0. The van der Waals surface area contributed by atoms with Crippen molar-refractivity contribution in [1.82, 2.24) is 5.32 Å². The highest BCUT2D eigenvalue weighted by atomic mass is 16.6. The molecule has 4 aromatic carbocycles. The highest BCUT2D eigenvalue weighted by Gasteiger charge is 2.36. The maximum Gasteiger partial charge on any atom is 0.335 e. The van der Waals surface area contributed by atoms with Crippen molar-refractivity contribution in [3.63, 3.8) is 0 Å². The molecule has 1 aliphatic heterocycles. The Morgan fingerprint density at radius 2 is 1.47 bits per heavy atom. The number of carbonyl (C=O) groups is 3. The minimum absolute atomic E-state index is 0.157. The van der Waals surface area contributed by atoms with Crippen LogP contribution in [-0.2, 0) is 16.2 Å². The zero-order valence-electron chi connectivity index (χ0n) is 22.0. The Bertz CT molecular complexity index is 1770. The van der Waals surface area contributed by atoms with E-state index in [1.54, 1.807) is 12.1 Å². The third-order valence-corrected chi connectivity index (χ3v) is 6.21. The summed E-state index contributed by atoms with van der Waals surface area (Å²) in [6.45, 7) is 0.333. The SMILES string of the molecule is O=C1NC(=O)N(c2ccc(OCc3ccccc3)cc2)C(=O)/C1=C/c1ccc(Oc2ccc([N+](=O)[O-])cc2[N+](=O)[O-])cc1. The summed E-state index contributed by atoms with van der Waals surface area (Å²) in [5, 5.41) is 24.5. The maximum atomic E-state index is 13.2. The summed E-state index contributed by atoms with van der Waals surface area (Å²) in [4.78, 5) is 60.0. The summed E-state index contributed by atoms with van der Waals surface area (Å²) in [6.07, 6.45) is 1.28. The Hall–Kier alpha value is -6.37. The molecule has 4 amide bonds. The molecule has 13 heteroatoms. The molecule has 1 saturated heterocycles. The topological polar surface area (TPSA) is 171 Å². The first-order valence-corrected chi connectivity index (χ1v) is 12.6. The van der Waals surface area contributed by atoms with Gasteiger partial charge in [0.05, 0.1) is 21.6 Å². The van der Waals surface area contributed by atoms with Crippen LogP contribution in [0.5, 0.6) is 17.2 Å². The van der Waals surface area contributed by atoms with E-state index < -0.39 is 39.1 Å². The number of barbiturate groups is 1. The highest BCUT2D eigenvalue weighted by molar-refractivity contribution is 6.39. The van der Waals surface area contributed by atoms with E-state index in [9.17, 15) is 34.6 Å². The molecular formula is C30H20N4O9. The van der Waals surface area contributed by atoms with Crippen LogP contribution in [0.4, 0.5) is 21.9 Å². The highest BCUT2D eigenvalue weighted by Crippen LogP contribution is 2.34. The lowest BCUT2D eigenvalue weighted by molar-refractivity contribution is -0.394. The number of nitrogens with zero attached hydrogens (tertiary/aromatic N) is 3. The van der Waals surface area contributed by atoms with Crippen molar-refractivity contribution in [2.75, 3.05) is 4.90 Å². The van der Waals surface area contributed by atoms with E-state index in [1.165, 1.54) is 42.5 Å². The van der Waals surface area contributed by atoms with Crippen molar-refractivity contribution in [1.29, 1.82) is 0 Å². The first kappa shape index (κ1) is 28.2. The van der Waals surface area contributed by atoms with Crippen LogP contribution in [0.3, 0.4) is 0 Å². The summed E-state index contributed by atoms with van der Waals surface area (Å²) < 4.78 is 11.3. The molecule has 13 nitrogen and oxygen atoms in total. The molecule has 1 fully saturated rings. The standard InChI is InChI=1S/C30H20N4O9/c35-28-25(16-19-6-11-24(12-7-19)43-27-15-10-22(33(38)39)17-26(27)34(40)41)29(36)32(30(37)31-28)21-8-13-23(14-9-21)42-18-20-4-2-1-3-5-20/h1-17H,18H2,(H,31,35,37)/b25-16+. The quantitative estimate of drug-likeness (QED) is 0.115. The lowest BCUT2D eigenvalue weighted by Crippen LogP contribution is -2.54. The van der Waals surface area contributed by atoms with Crippen LogP contribution < -0.4 is 19.7 Å². The number of nitro benzene ring substituents is 2. The molecule has 1 heterocycles. The Kier molecular flexibility index (Phi) is 7.87. The van der Waals surface area contributed by atoms with Gasteiger partial charge in [-0.15, -0.1) is 0 Å². The number of non-ortho nitro benzene ring substituents is 1. The van der Waals surface area contributed by atoms with Gasteiger partial charge in [0.25, 0.3) is 17.5 Å². The number of rotatable bonds is 9. The average Bonchev–Trinajstić information content (AvgIpc) is 3.00. The summed E-state index contributed by atoms with van der Waals surface area (Å²) in [7, 11) is 0. The van der Waals surface area contributed by atoms with Crippen LogP contribution in [0.2, 0.25) is 0 Å². The third kappa shape index (κ3) is 6.36. The third-order valence-electron chi connectivity index (χ3n) is 6.21. The van der Waals surface area contributed by atoms with Crippen LogP contribution in [0.1, 0.15) is 11.1 Å². The number of anilines is 1. The first-order chi connectivity index (χ1) is 20.7. The van der Waals surface area contributed by atoms with E-state index in [0.717, 1.165) is 28.7 Å². The van der Waals surface area contributed by atoms with Crippen molar-refractivity contribution in [3.05, 3.63) is 134 Å². The number of imide groups is 2. The molecule has 0 bridgehead atoms. The average molecular weight is 581 g/mol. The summed E-state index contributed by atoms with van der Waals surface area (Å²) in [5.74, 6) is -1.26. The van der Waals surface area contributed by atoms with Gasteiger partial charge in [-0.2, -0.15) is 0 Å². The maximum absolute atomic E-state index is 13.2. The summed E-state index contributed by atoms with van der Waals surface area (Å²) in [6, 6.07) is 23.7. The number of hydrogen-bond acceptors (Lipinski definition) is 9. The second-order valence-electron chi connectivity index (χ2n) is 9.06. The van der Waals surface area contributed by atoms with E-state index in [0.29, 0.717) is 17.9 Å². The summed E-state index contributed by atoms with van der Waals surface area (Å²) in [5.41, 5.74) is 0.229. The minimum atomic E-state index is -0.904. The Morgan fingerprint density at radius 3 is 2.12 bits per heavy atom. The molecule has 5 rings (SSSR count). The second-order valence-corrected chi connectivity index (χ2v) is 9.06. The lowest BCUT2D eigenvalue weighted by Gasteiger charge is -2.26. The fourth-order valence-electron chi connectivity index (χ4n) is 4.10. The van der Waals surface area contributed by atoms with Gasteiger partial charge in [0.2, 0.25) is 5.75 Å². The van der Waals surface area contributed by atoms with E-state index in [-0.39, 0.29) is 22.8 Å². The van der Waals surface area contributed by atoms with Gasteiger partial charge in [-0.25, -0.2) is 9.69 Å². The van der Waals surface area contributed by atoms with Gasteiger partial charge in [0, 0.05) is 6.07 Å². The number of ether oxygens (including phenoxy) is 2. The molecule has 43 heavy (non-hydrogen) atoms. The van der Waals surface area contributed by atoms with Gasteiger partial charge in [-0.3, -0.25) is 35.1 Å². The lowest BCUT2D eigenvalue weighted by atomic mass is 10.1. The van der Waals surface area contributed by atoms with E-state index in [2.05, 4.69) is 5.32 Å². The number of amides is 4. The fraction of sp³-hybridized carbons (Fsp3) is 0.0333. The molecule has 0 aliphatic carbocycles. The molecule has 0 radical (unpaired) electrons. The number of hydrogen-bond donors (Lipinski definition) is 1. The van der Waals surface area contributed by atoms with E-state index in [4.69, 9.17) is 9.47 Å². The van der Waals surface area contributed by atoms with Crippen LogP contribution in [0, 0.1) is 20.2 Å². The van der Waals surface area contributed by atoms with E-state index in [1.807, 2.05) is 30.3 Å². The van der Waals surface area contributed by atoms with Gasteiger partial charge >= 0.3 is 11.7 Å². The smallest absolute Gasteiger partial charge is 0.335 e. The minimum Gasteiger partial charge on any atom is -0.489 e. The van der Waals surface area contributed by atoms with E-state index >= 15 is 0 Å².